The maximum absolute atomic E-state index is 14.1. The first kappa shape index (κ1) is 27.1. The first-order valence-corrected chi connectivity index (χ1v) is 14.8. The molecule has 0 fully saturated rings. The lowest BCUT2D eigenvalue weighted by Gasteiger charge is -2.38. The van der Waals surface area contributed by atoms with Crippen LogP contribution >= 0.6 is 11.3 Å². The van der Waals surface area contributed by atoms with Crippen LogP contribution in [0.3, 0.4) is 0 Å². The van der Waals surface area contributed by atoms with Gasteiger partial charge in [-0.05, 0) is 70.2 Å². The first-order chi connectivity index (χ1) is 18.7. The van der Waals surface area contributed by atoms with Crippen LogP contribution in [0, 0.1) is 0 Å². The number of benzene rings is 3. The quantitative estimate of drug-likeness (QED) is 0.253. The molecule has 0 bridgehead atoms. The highest BCUT2D eigenvalue weighted by molar-refractivity contribution is 7.10. The molecule has 0 saturated heterocycles. The molecule has 0 spiro atoms. The lowest BCUT2D eigenvalue weighted by atomic mass is 9.85. The number of carbonyl (C=O) groups excluding carboxylic acids is 2. The summed E-state index contributed by atoms with van der Waals surface area (Å²) in [7, 11) is 0. The number of rotatable bonds is 6. The summed E-state index contributed by atoms with van der Waals surface area (Å²) < 4.78 is 0. The second-order valence-electron chi connectivity index (χ2n) is 11.6. The van der Waals surface area contributed by atoms with Gasteiger partial charge in [0.05, 0.1) is 6.04 Å². The maximum Gasteiger partial charge on any atom is 0.255 e. The van der Waals surface area contributed by atoms with Crippen molar-refractivity contribution in [3.63, 3.8) is 0 Å². The monoisotopic (exact) mass is 538 g/mol. The van der Waals surface area contributed by atoms with Crippen LogP contribution in [-0.2, 0) is 16.6 Å². The van der Waals surface area contributed by atoms with E-state index in [2.05, 4.69) is 63.4 Å². The maximum atomic E-state index is 14.1. The lowest BCUT2D eigenvalue weighted by molar-refractivity contribution is -0.134. The Hall–Kier alpha value is -3.44. The third-order valence-electron chi connectivity index (χ3n) is 8.09. The largest absolute Gasteiger partial charge is 0.330 e. The van der Waals surface area contributed by atoms with Crippen molar-refractivity contribution in [3.05, 3.63) is 105 Å². The molecule has 0 aliphatic carbocycles. The summed E-state index contributed by atoms with van der Waals surface area (Å²) in [4.78, 5) is 33.2. The van der Waals surface area contributed by atoms with E-state index in [1.54, 1.807) is 16.2 Å². The summed E-state index contributed by atoms with van der Waals surface area (Å²) in [6.07, 6.45) is 1.62. The van der Waals surface area contributed by atoms with E-state index in [1.807, 2.05) is 54.3 Å². The molecular weight excluding hydrogens is 500 g/mol. The molecule has 2 amide bonds. The van der Waals surface area contributed by atoms with Crippen molar-refractivity contribution in [1.82, 2.24) is 9.80 Å². The molecule has 2 atom stereocenters. The molecule has 3 aromatic carbocycles. The molecule has 5 rings (SSSR count). The highest BCUT2D eigenvalue weighted by Gasteiger charge is 2.35. The van der Waals surface area contributed by atoms with E-state index in [9.17, 15) is 9.59 Å². The molecule has 1 aliphatic rings. The van der Waals surface area contributed by atoms with Gasteiger partial charge in [0, 0.05) is 23.0 Å². The lowest BCUT2D eigenvalue weighted by Crippen LogP contribution is -2.49. The van der Waals surface area contributed by atoms with E-state index < -0.39 is 0 Å². The summed E-state index contributed by atoms with van der Waals surface area (Å²) >= 11 is 1.77. The smallest absolute Gasteiger partial charge is 0.255 e. The van der Waals surface area contributed by atoms with Gasteiger partial charge in [-0.2, -0.15) is 0 Å². The Kier molecular flexibility index (Phi) is 7.64. The molecule has 1 aliphatic heterocycles. The van der Waals surface area contributed by atoms with Crippen LogP contribution in [0.5, 0.6) is 0 Å². The molecule has 2 heterocycles. The Bertz CT molecular complexity index is 1480. The molecular formula is C34H38N2O2S. The standard InChI is InChI=1S/C34H38N2O2S/c1-6-23(2)36(33(38)28-13-9-11-24-10-7-8-12-27(24)28)22-31(37)35-20-18-30-29(19-21-39-30)32(35)25-14-16-26(17-15-25)34(3,4)5/h7-17,19,21,23,32H,6,18,20,22H2,1-5H3/t23-,32+/m1/s1. The van der Waals surface area contributed by atoms with E-state index in [-0.39, 0.29) is 35.9 Å². The van der Waals surface area contributed by atoms with Gasteiger partial charge in [-0.15, -0.1) is 11.3 Å². The summed E-state index contributed by atoms with van der Waals surface area (Å²) in [5, 5.41) is 4.08. The Labute approximate surface area is 236 Å². The summed E-state index contributed by atoms with van der Waals surface area (Å²) in [5.74, 6) is -0.0977. The fraction of sp³-hybridized carbons (Fsp3) is 0.353. The summed E-state index contributed by atoms with van der Waals surface area (Å²) in [6.45, 7) is 11.5. The third-order valence-corrected chi connectivity index (χ3v) is 9.08. The van der Waals surface area contributed by atoms with Crippen LogP contribution in [0.1, 0.15) is 79.0 Å². The summed E-state index contributed by atoms with van der Waals surface area (Å²) in [6, 6.07) is 24.4. The van der Waals surface area contributed by atoms with Crippen LogP contribution in [0.2, 0.25) is 0 Å². The van der Waals surface area contributed by atoms with E-state index in [0.29, 0.717) is 12.1 Å². The number of hydrogen-bond donors (Lipinski definition) is 0. The minimum Gasteiger partial charge on any atom is -0.330 e. The minimum absolute atomic E-state index is 0.00867. The van der Waals surface area contributed by atoms with Gasteiger partial charge in [-0.1, -0.05) is 88.4 Å². The summed E-state index contributed by atoms with van der Waals surface area (Å²) in [5.41, 5.74) is 4.31. The number of hydrogen-bond acceptors (Lipinski definition) is 3. The van der Waals surface area contributed by atoms with Gasteiger partial charge in [-0.3, -0.25) is 9.59 Å². The van der Waals surface area contributed by atoms with Gasteiger partial charge in [0.25, 0.3) is 5.91 Å². The van der Waals surface area contributed by atoms with E-state index >= 15 is 0 Å². The van der Waals surface area contributed by atoms with Crippen LogP contribution in [-0.4, -0.2) is 40.7 Å². The normalized spacial score (nSPS) is 16.1. The van der Waals surface area contributed by atoms with Crippen molar-refractivity contribution in [2.45, 2.75) is 65.0 Å². The van der Waals surface area contributed by atoms with Crippen molar-refractivity contribution in [3.8, 4) is 0 Å². The van der Waals surface area contributed by atoms with E-state index in [1.165, 1.54) is 16.0 Å². The van der Waals surface area contributed by atoms with Gasteiger partial charge in [0.1, 0.15) is 6.54 Å². The number of amides is 2. The van der Waals surface area contributed by atoms with Gasteiger partial charge in [0.2, 0.25) is 5.91 Å². The van der Waals surface area contributed by atoms with Crippen LogP contribution in [0.25, 0.3) is 10.8 Å². The van der Waals surface area contributed by atoms with Crippen molar-refractivity contribution >= 4 is 33.9 Å². The third kappa shape index (κ3) is 5.38. The zero-order chi connectivity index (χ0) is 27.7. The SMILES string of the molecule is CC[C@@H](C)N(CC(=O)N1CCc2sccc2[C@@H]1c1ccc(C(C)(C)C)cc1)C(=O)c1cccc2ccccc12. The van der Waals surface area contributed by atoms with Gasteiger partial charge < -0.3 is 9.80 Å². The molecule has 0 radical (unpaired) electrons. The highest BCUT2D eigenvalue weighted by Crippen LogP contribution is 2.38. The highest BCUT2D eigenvalue weighted by atomic mass is 32.1. The van der Waals surface area contributed by atoms with E-state index in [4.69, 9.17) is 0 Å². The Morgan fingerprint density at radius 3 is 2.44 bits per heavy atom. The molecule has 4 nitrogen and oxygen atoms in total. The number of carbonyl (C=O) groups is 2. The molecule has 0 unspecified atom stereocenters. The molecule has 1 aromatic heterocycles. The number of thiophene rings is 1. The molecule has 0 saturated carbocycles. The van der Waals surface area contributed by atoms with Crippen molar-refractivity contribution in [2.24, 2.45) is 0 Å². The Morgan fingerprint density at radius 1 is 1.00 bits per heavy atom. The fourth-order valence-electron chi connectivity index (χ4n) is 5.56. The second kappa shape index (κ2) is 11.0. The van der Waals surface area contributed by atoms with Crippen molar-refractivity contribution in [1.29, 1.82) is 0 Å². The number of nitrogens with zero attached hydrogens (tertiary/aromatic N) is 2. The molecule has 0 N–H and O–H groups in total. The Balaban J connectivity index is 1.47. The van der Waals surface area contributed by atoms with Crippen LogP contribution < -0.4 is 0 Å². The minimum atomic E-state index is -0.145. The van der Waals surface area contributed by atoms with Crippen LogP contribution in [0.15, 0.2) is 78.2 Å². The van der Waals surface area contributed by atoms with E-state index in [0.717, 1.165) is 29.2 Å². The van der Waals surface area contributed by atoms with Crippen molar-refractivity contribution < 1.29 is 9.59 Å². The molecule has 202 valence electrons. The zero-order valence-corrected chi connectivity index (χ0v) is 24.4. The average Bonchev–Trinajstić information content (AvgIpc) is 3.43. The zero-order valence-electron chi connectivity index (χ0n) is 23.6. The van der Waals surface area contributed by atoms with Gasteiger partial charge in [0.15, 0.2) is 0 Å². The van der Waals surface area contributed by atoms with Gasteiger partial charge >= 0.3 is 0 Å². The number of fused-ring (bicyclic) bond motifs is 2. The average molecular weight is 539 g/mol. The van der Waals surface area contributed by atoms with Crippen molar-refractivity contribution in [2.75, 3.05) is 13.1 Å². The predicted molar refractivity (Wildman–Crippen MR) is 161 cm³/mol. The topological polar surface area (TPSA) is 40.6 Å². The predicted octanol–water partition coefficient (Wildman–Crippen LogP) is 7.61. The molecule has 4 aromatic rings. The molecule has 5 heteroatoms. The Morgan fingerprint density at radius 2 is 1.72 bits per heavy atom. The fourth-order valence-corrected chi connectivity index (χ4v) is 6.47. The first-order valence-electron chi connectivity index (χ1n) is 13.9. The second-order valence-corrected chi connectivity index (χ2v) is 12.6. The van der Waals surface area contributed by atoms with Crippen LogP contribution in [0.4, 0.5) is 0 Å². The van der Waals surface area contributed by atoms with Gasteiger partial charge in [-0.25, -0.2) is 0 Å². The molecule has 39 heavy (non-hydrogen) atoms.